The zero-order chi connectivity index (χ0) is 25.5. The molecular weight excluding hydrogens is 468 g/mol. The number of para-hydroxylation sites is 1. The zero-order valence-electron chi connectivity index (χ0n) is 19.8. The number of carbonyl (C=O) groups is 1. The molecule has 186 valence electrons. The number of methoxy groups -OCH3 is 2. The van der Waals surface area contributed by atoms with Crippen LogP contribution in [0.1, 0.15) is 29.4 Å². The number of anilines is 1. The monoisotopic (exact) mass is 492 g/mol. The summed E-state index contributed by atoms with van der Waals surface area (Å²) >= 11 is 0. The average Bonchev–Trinajstić information content (AvgIpc) is 3.53. The molecule has 0 saturated carbocycles. The second kappa shape index (κ2) is 11.0. The van der Waals surface area contributed by atoms with Crippen molar-refractivity contribution >= 4 is 17.9 Å². The highest BCUT2D eigenvalue weighted by Gasteiger charge is 2.25. The van der Waals surface area contributed by atoms with Crippen LogP contribution in [0.4, 0.5) is 5.82 Å². The van der Waals surface area contributed by atoms with Gasteiger partial charge in [-0.25, -0.2) is 10.1 Å². The minimum Gasteiger partial charge on any atom is -0.494 e. The van der Waals surface area contributed by atoms with Crippen LogP contribution in [0.5, 0.6) is 17.2 Å². The fraction of sp³-hybridized carbons (Fsp3) is 0.217. The van der Waals surface area contributed by atoms with Gasteiger partial charge in [0.15, 0.2) is 17.2 Å². The van der Waals surface area contributed by atoms with Gasteiger partial charge in [0.1, 0.15) is 11.4 Å². The minimum absolute atomic E-state index is 0.0147. The maximum Gasteiger partial charge on any atom is 0.294 e. The van der Waals surface area contributed by atoms with Crippen LogP contribution in [-0.4, -0.2) is 58.3 Å². The average molecular weight is 492 g/mol. The van der Waals surface area contributed by atoms with Crippen LogP contribution in [-0.2, 0) is 0 Å². The fourth-order valence-electron chi connectivity index (χ4n) is 3.34. The van der Waals surface area contributed by atoms with E-state index in [1.807, 2.05) is 6.92 Å². The van der Waals surface area contributed by atoms with E-state index in [-0.39, 0.29) is 17.3 Å². The molecule has 0 radical (unpaired) electrons. The maximum absolute atomic E-state index is 13.1. The summed E-state index contributed by atoms with van der Waals surface area (Å²) in [7, 11) is 3.05. The number of aromatic nitrogens is 5. The Morgan fingerprint density at radius 2 is 1.97 bits per heavy atom. The van der Waals surface area contributed by atoms with E-state index < -0.39 is 5.91 Å². The van der Waals surface area contributed by atoms with Crippen LogP contribution < -0.4 is 25.4 Å². The number of hydrogen-bond acceptors (Lipinski definition) is 11. The Morgan fingerprint density at radius 1 is 1.17 bits per heavy atom. The molecule has 0 fully saturated rings. The number of benzene rings is 2. The Labute approximate surface area is 205 Å². The summed E-state index contributed by atoms with van der Waals surface area (Å²) in [6.45, 7) is 2.61. The van der Waals surface area contributed by atoms with Crippen molar-refractivity contribution in [2.45, 2.75) is 13.3 Å². The predicted molar refractivity (Wildman–Crippen MR) is 129 cm³/mol. The Bertz CT molecular complexity index is 1360. The third-order valence-corrected chi connectivity index (χ3v) is 4.99. The zero-order valence-corrected chi connectivity index (χ0v) is 19.8. The van der Waals surface area contributed by atoms with Crippen LogP contribution in [0.15, 0.2) is 52.2 Å². The molecule has 13 heteroatoms. The van der Waals surface area contributed by atoms with E-state index in [0.717, 1.165) is 6.42 Å². The molecule has 0 saturated heterocycles. The molecule has 3 N–H and O–H groups in total. The molecule has 4 aromatic rings. The molecule has 1 amide bonds. The first-order valence-electron chi connectivity index (χ1n) is 10.9. The van der Waals surface area contributed by atoms with Gasteiger partial charge < -0.3 is 19.9 Å². The molecule has 0 spiro atoms. The van der Waals surface area contributed by atoms with Crippen molar-refractivity contribution in [1.29, 1.82) is 0 Å². The van der Waals surface area contributed by atoms with Crippen molar-refractivity contribution < 1.29 is 23.6 Å². The first-order chi connectivity index (χ1) is 17.6. The summed E-state index contributed by atoms with van der Waals surface area (Å²) in [6, 6.07) is 12.4. The molecule has 2 aromatic carbocycles. The Hall–Kier alpha value is -4.94. The number of amides is 1. The van der Waals surface area contributed by atoms with Gasteiger partial charge in [-0.3, -0.25) is 4.79 Å². The SMILES string of the molecule is CCCOc1ccc(-c2c(C(=O)N/N=C/c3cccc(OC)c3OC)nnn2-c2nonc2N)cc1. The van der Waals surface area contributed by atoms with Crippen molar-refractivity contribution in [2.24, 2.45) is 5.10 Å². The van der Waals surface area contributed by atoms with Crippen molar-refractivity contribution in [3.8, 4) is 34.3 Å². The van der Waals surface area contributed by atoms with E-state index in [0.29, 0.717) is 40.7 Å². The molecule has 13 nitrogen and oxygen atoms in total. The highest BCUT2D eigenvalue weighted by atomic mass is 16.6. The normalized spacial score (nSPS) is 11.0. The maximum atomic E-state index is 13.1. The Balaban J connectivity index is 1.65. The van der Waals surface area contributed by atoms with Crippen LogP contribution in [0.25, 0.3) is 17.1 Å². The fourth-order valence-corrected chi connectivity index (χ4v) is 3.34. The first-order valence-corrected chi connectivity index (χ1v) is 10.9. The van der Waals surface area contributed by atoms with Gasteiger partial charge in [-0.15, -0.1) is 5.10 Å². The molecule has 36 heavy (non-hydrogen) atoms. The number of hydrazone groups is 1. The summed E-state index contributed by atoms with van der Waals surface area (Å²) in [5.74, 6) is 1.15. The molecule has 4 rings (SSSR count). The number of nitrogens with one attached hydrogen (secondary N) is 1. The Kier molecular flexibility index (Phi) is 7.39. The molecule has 0 aliphatic heterocycles. The van der Waals surface area contributed by atoms with Crippen molar-refractivity contribution in [3.63, 3.8) is 0 Å². The van der Waals surface area contributed by atoms with E-state index in [1.165, 1.54) is 25.1 Å². The topological polar surface area (TPSA) is 165 Å². The van der Waals surface area contributed by atoms with E-state index in [1.54, 1.807) is 42.5 Å². The van der Waals surface area contributed by atoms with Gasteiger partial charge in [0.25, 0.3) is 5.91 Å². The number of rotatable bonds is 10. The van der Waals surface area contributed by atoms with Gasteiger partial charge in [0, 0.05) is 11.1 Å². The second-order valence-corrected chi connectivity index (χ2v) is 7.33. The van der Waals surface area contributed by atoms with Crippen molar-refractivity contribution in [1.82, 2.24) is 30.7 Å². The number of nitrogen functional groups attached to an aromatic ring is 1. The lowest BCUT2D eigenvalue weighted by atomic mass is 10.1. The van der Waals surface area contributed by atoms with Crippen molar-refractivity contribution in [2.75, 3.05) is 26.6 Å². The van der Waals surface area contributed by atoms with Gasteiger partial charge >= 0.3 is 0 Å². The highest BCUT2D eigenvalue weighted by molar-refractivity contribution is 5.99. The molecule has 0 unspecified atom stereocenters. The largest absolute Gasteiger partial charge is 0.494 e. The number of nitrogens with zero attached hydrogens (tertiary/aromatic N) is 6. The van der Waals surface area contributed by atoms with Crippen LogP contribution >= 0.6 is 0 Å². The molecular formula is C23H24N8O5. The molecule has 0 aliphatic carbocycles. The molecule has 2 aromatic heterocycles. The van der Waals surface area contributed by atoms with Gasteiger partial charge in [0.05, 0.1) is 27.0 Å². The predicted octanol–water partition coefficient (Wildman–Crippen LogP) is 2.47. The number of carbonyl (C=O) groups excluding carboxylic acids is 1. The van der Waals surface area contributed by atoms with Crippen LogP contribution in [0.3, 0.4) is 0 Å². The second-order valence-electron chi connectivity index (χ2n) is 7.33. The molecule has 0 bridgehead atoms. The summed E-state index contributed by atoms with van der Waals surface area (Å²) in [6.07, 6.45) is 2.31. The molecule has 2 heterocycles. The third-order valence-electron chi connectivity index (χ3n) is 4.99. The van der Waals surface area contributed by atoms with Gasteiger partial charge in [-0.1, -0.05) is 18.2 Å². The number of ether oxygens (including phenoxy) is 3. The van der Waals surface area contributed by atoms with Crippen molar-refractivity contribution in [3.05, 3.63) is 53.7 Å². The lowest BCUT2D eigenvalue weighted by molar-refractivity contribution is 0.0950. The highest BCUT2D eigenvalue weighted by Crippen LogP contribution is 2.30. The van der Waals surface area contributed by atoms with Gasteiger partial charge in [0.2, 0.25) is 11.6 Å². The first kappa shape index (κ1) is 24.2. The standard InChI is InChI=1S/C23H24N8O5/c1-4-12-35-16-10-8-14(9-11-16)19-18(26-30-31(19)22-21(24)28-36-29-22)23(32)27-25-13-15-6-5-7-17(33-2)20(15)34-3/h5-11,13H,4,12H2,1-3H3,(H2,24,28)(H,27,32)/b25-13+. The lowest BCUT2D eigenvalue weighted by Crippen LogP contribution is -2.19. The Morgan fingerprint density at radius 3 is 2.64 bits per heavy atom. The van der Waals surface area contributed by atoms with Gasteiger partial charge in [-0.2, -0.15) is 9.78 Å². The quantitative estimate of drug-likeness (QED) is 0.248. The minimum atomic E-state index is -0.615. The summed E-state index contributed by atoms with van der Waals surface area (Å²) in [5, 5.41) is 19.5. The van der Waals surface area contributed by atoms with Crippen LogP contribution in [0.2, 0.25) is 0 Å². The number of hydrogen-bond donors (Lipinski definition) is 2. The van der Waals surface area contributed by atoms with Gasteiger partial charge in [-0.05, 0) is 53.1 Å². The molecule has 0 atom stereocenters. The van der Waals surface area contributed by atoms with Crippen LogP contribution in [0, 0.1) is 0 Å². The van der Waals surface area contributed by atoms with E-state index >= 15 is 0 Å². The summed E-state index contributed by atoms with van der Waals surface area (Å²) < 4.78 is 22.3. The number of nitrogens with two attached hydrogens (primary N) is 1. The summed E-state index contributed by atoms with van der Waals surface area (Å²) in [4.78, 5) is 13.1. The van der Waals surface area contributed by atoms with E-state index in [4.69, 9.17) is 24.6 Å². The smallest absolute Gasteiger partial charge is 0.294 e. The molecule has 0 aliphatic rings. The lowest BCUT2D eigenvalue weighted by Gasteiger charge is -2.09. The van der Waals surface area contributed by atoms with E-state index in [2.05, 4.69) is 31.2 Å². The third kappa shape index (κ3) is 4.94. The van der Waals surface area contributed by atoms with E-state index in [9.17, 15) is 4.79 Å². The summed E-state index contributed by atoms with van der Waals surface area (Å²) in [5.41, 5.74) is 9.82.